The molecule has 16 heavy (non-hydrogen) atoms. The lowest BCUT2D eigenvalue weighted by atomic mass is 9.91. The van der Waals surface area contributed by atoms with E-state index in [1.165, 1.54) is 0 Å². The Morgan fingerprint density at radius 3 is 2.38 bits per heavy atom. The molecule has 0 radical (unpaired) electrons. The fraction of sp³-hybridized carbons (Fsp3) is 0.923. The van der Waals surface area contributed by atoms with E-state index in [4.69, 9.17) is 0 Å². The van der Waals surface area contributed by atoms with Gasteiger partial charge in [0.05, 0.1) is 0 Å². The maximum atomic E-state index is 11.5. The first kappa shape index (κ1) is 15.8. The third-order valence-corrected chi connectivity index (χ3v) is 4.89. The van der Waals surface area contributed by atoms with Crippen LogP contribution in [0.15, 0.2) is 0 Å². The van der Waals surface area contributed by atoms with Gasteiger partial charge in [-0.15, -0.1) is 11.8 Å². The maximum absolute atomic E-state index is 11.5. The van der Waals surface area contributed by atoms with Gasteiger partial charge in [-0.2, -0.15) is 0 Å². The quantitative estimate of drug-likeness (QED) is 0.620. The van der Waals surface area contributed by atoms with E-state index < -0.39 is 10.7 Å². The summed E-state index contributed by atoms with van der Waals surface area (Å²) < 4.78 is -0.551. The number of carboxylic acid groups (broad SMARTS) is 1. The normalized spacial score (nSPS) is 16.8. The van der Waals surface area contributed by atoms with Crippen LogP contribution in [-0.2, 0) is 4.79 Å². The van der Waals surface area contributed by atoms with Crippen molar-refractivity contribution in [2.24, 2.45) is 5.92 Å². The molecule has 0 saturated heterocycles. The van der Waals surface area contributed by atoms with Gasteiger partial charge in [-0.05, 0) is 30.9 Å². The van der Waals surface area contributed by atoms with E-state index >= 15 is 0 Å². The summed E-state index contributed by atoms with van der Waals surface area (Å²) in [6.07, 6.45) is 4.82. The summed E-state index contributed by atoms with van der Waals surface area (Å²) in [7, 11) is 0. The zero-order chi connectivity index (χ0) is 12.6. The Morgan fingerprint density at radius 1 is 1.38 bits per heavy atom. The van der Waals surface area contributed by atoms with E-state index in [1.54, 1.807) is 11.8 Å². The third kappa shape index (κ3) is 4.77. The second kappa shape index (κ2) is 7.99. The smallest absolute Gasteiger partial charge is 0.319 e. The van der Waals surface area contributed by atoms with Crippen molar-refractivity contribution in [2.75, 3.05) is 5.75 Å². The lowest BCUT2D eigenvalue weighted by Gasteiger charge is -2.30. The molecule has 0 aromatic rings. The highest BCUT2D eigenvalue weighted by molar-refractivity contribution is 8.01. The molecule has 0 bridgehead atoms. The molecule has 0 rings (SSSR count). The Hall–Kier alpha value is -0.180. The van der Waals surface area contributed by atoms with Crippen molar-refractivity contribution in [3.63, 3.8) is 0 Å². The number of hydrogen-bond acceptors (Lipinski definition) is 2. The molecule has 0 aromatic heterocycles. The van der Waals surface area contributed by atoms with Crippen LogP contribution in [0.4, 0.5) is 0 Å². The van der Waals surface area contributed by atoms with E-state index in [2.05, 4.69) is 20.8 Å². The topological polar surface area (TPSA) is 37.3 Å². The highest BCUT2D eigenvalue weighted by Crippen LogP contribution is 2.37. The SMILES string of the molecule is CCCCSC(CC)(CC(C)CC)C(=O)O. The first-order chi connectivity index (χ1) is 7.52. The number of thioether (sulfide) groups is 1. The molecule has 0 saturated carbocycles. The number of unbranched alkanes of at least 4 members (excludes halogenated alkanes) is 1. The molecule has 0 aromatic carbocycles. The molecule has 0 aliphatic carbocycles. The molecule has 2 unspecified atom stereocenters. The fourth-order valence-electron chi connectivity index (χ4n) is 1.72. The minimum atomic E-state index is -0.628. The molecule has 0 aliphatic rings. The Balaban J connectivity index is 4.51. The van der Waals surface area contributed by atoms with Gasteiger partial charge < -0.3 is 5.11 Å². The van der Waals surface area contributed by atoms with Crippen molar-refractivity contribution in [3.05, 3.63) is 0 Å². The molecule has 0 aliphatic heterocycles. The van der Waals surface area contributed by atoms with Crippen LogP contribution in [0.3, 0.4) is 0 Å². The van der Waals surface area contributed by atoms with Crippen molar-refractivity contribution in [1.82, 2.24) is 0 Å². The van der Waals surface area contributed by atoms with Gasteiger partial charge in [0.1, 0.15) is 4.75 Å². The molecule has 1 N–H and O–H groups in total. The third-order valence-electron chi connectivity index (χ3n) is 3.21. The van der Waals surface area contributed by atoms with Crippen molar-refractivity contribution in [1.29, 1.82) is 0 Å². The first-order valence-electron chi connectivity index (χ1n) is 6.39. The molecule has 2 atom stereocenters. The molecule has 0 amide bonds. The summed E-state index contributed by atoms with van der Waals surface area (Å²) in [5.74, 6) is 0.828. The minimum Gasteiger partial charge on any atom is -0.480 e. The molecule has 2 nitrogen and oxygen atoms in total. The van der Waals surface area contributed by atoms with E-state index in [-0.39, 0.29) is 0 Å². The number of carbonyl (C=O) groups is 1. The molecule has 0 heterocycles. The van der Waals surface area contributed by atoms with Crippen LogP contribution < -0.4 is 0 Å². The Labute approximate surface area is 104 Å². The number of carboxylic acids is 1. The summed E-state index contributed by atoms with van der Waals surface area (Å²) in [5.41, 5.74) is 0. The predicted molar refractivity (Wildman–Crippen MR) is 72.1 cm³/mol. The second-order valence-corrected chi connectivity index (χ2v) is 6.05. The molecule has 0 spiro atoms. The zero-order valence-corrected chi connectivity index (χ0v) is 11.9. The van der Waals surface area contributed by atoms with Crippen LogP contribution >= 0.6 is 11.8 Å². The van der Waals surface area contributed by atoms with Gasteiger partial charge in [0.2, 0.25) is 0 Å². The lowest BCUT2D eigenvalue weighted by Crippen LogP contribution is -2.36. The molecule has 0 fully saturated rings. The van der Waals surface area contributed by atoms with E-state index in [0.29, 0.717) is 5.92 Å². The lowest BCUT2D eigenvalue weighted by molar-refractivity contribution is -0.140. The van der Waals surface area contributed by atoms with Gasteiger partial charge in [-0.25, -0.2) is 0 Å². The minimum absolute atomic E-state index is 0.491. The van der Waals surface area contributed by atoms with E-state index in [0.717, 1.165) is 37.9 Å². The summed E-state index contributed by atoms with van der Waals surface area (Å²) >= 11 is 1.65. The Bertz CT molecular complexity index is 206. The van der Waals surface area contributed by atoms with E-state index in [9.17, 15) is 9.90 Å². The van der Waals surface area contributed by atoms with Gasteiger partial charge in [0.15, 0.2) is 0 Å². The second-order valence-electron chi connectivity index (χ2n) is 4.57. The van der Waals surface area contributed by atoms with Crippen molar-refractivity contribution < 1.29 is 9.90 Å². The summed E-state index contributed by atoms with van der Waals surface area (Å²) in [6.45, 7) is 8.41. The van der Waals surface area contributed by atoms with Gasteiger partial charge in [0.25, 0.3) is 0 Å². The predicted octanol–water partition coefficient (Wildman–Crippen LogP) is 4.19. The van der Waals surface area contributed by atoms with Crippen LogP contribution in [0.1, 0.15) is 59.8 Å². The standard InChI is InChI=1S/C13H26O2S/c1-5-8-9-16-13(7-3,12(14)15)10-11(4)6-2/h11H,5-10H2,1-4H3,(H,14,15). The van der Waals surface area contributed by atoms with Gasteiger partial charge in [0, 0.05) is 0 Å². The summed E-state index contributed by atoms with van der Waals surface area (Å²) in [5, 5.41) is 9.45. The van der Waals surface area contributed by atoms with Crippen molar-refractivity contribution in [3.8, 4) is 0 Å². The monoisotopic (exact) mass is 246 g/mol. The van der Waals surface area contributed by atoms with Crippen LogP contribution in [-0.4, -0.2) is 21.6 Å². The van der Waals surface area contributed by atoms with Crippen molar-refractivity contribution in [2.45, 2.75) is 64.5 Å². The average molecular weight is 246 g/mol. The van der Waals surface area contributed by atoms with Crippen LogP contribution in [0.2, 0.25) is 0 Å². The van der Waals surface area contributed by atoms with Gasteiger partial charge in [-0.1, -0.05) is 40.5 Å². The Kier molecular flexibility index (Phi) is 7.90. The van der Waals surface area contributed by atoms with Crippen LogP contribution in [0.5, 0.6) is 0 Å². The van der Waals surface area contributed by atoms with Gasteiger partial charge in [-0.3, -0.25) is 4.79 Å². The molecular formula is C13H26O2S. The zero-order valence-electron chi connectivity index (χ0n) is 11.1. The largest absolute Gasteiger partial charge is 0.480 e. The Morgan fingerprint density at radius 2 is 2.00 bits per heavy atom. The number of hydrogen-bond donors (Lipinski definition) is 1. The highest BCUT2D eigenvalue weighted by atomic mass is 32.2. The fourth-order valence-corrected chi connectivity index (χ4v) is 3.28. The maximum Gasteiger partial charge on any atom is 0.319 e. The van der Waals surface area contributed by atoms with E-state index in [1.807, 2.05) is 6.92 Å². The molecular weight excluding hydrogens is 220 g/mol. The van der Waals surface area contributed by atoms with Gasteiger partial charge >= 0.3 is 5.97 Å². The van der Waals surface area contributed by atoms with Crippen molar-refractivity contribution >= 4 is 17.7 Å². The molecule has 3 heteroatoms. The average Bonchev–Trinajstić information content (AvgIpc) is 2.27. The highest BCUT2D eigenvalue weighted by Gasteiger charge is 2.37. The molecule has 96 valence electrons. The first-order valence-corrected chi connectivity index (χ1v) is 7.38. The number of aliphatic carboxylic acids is 1. The van der Waals surface area contributed by atoms with Crippen LogP contribution in [0, 0.1) is 5.92 Å². The van der Waals surface area contributed by atoms with Crippen LogP contribution in [0.25, 0.3) is 0 Å². The number of rotatable bonds is 9. The summed E-state index contributed by atoms with van der Waals surface area (Å²) in [6, 6.07) is 0. The summed E-state index contributed by atoms with van der Waals surface area (Å²) in [4.78, 5) is 11.5.